The van der Waals surface area contributed by atoms with E-state index in [1.54, 1.807) is 25.3 Å². The zero-order valence-electron chi connectivity index (χ0n) is 14.4. The van der Waals surface area contributed by atoms with Crippen molar-refractivity contribution in [3.8, 4) is 0 Å². The largest absolute Gasteiger partial charge is 0.391 e. The van der Waals surface area contributed by atoms with E-state index in [4.69, 9.17) is 11.6 Å². The maximum absolute atomic E-state index is 12.9. The van der Waals surface area contributed by atoms with Crippen molar-refractivity contribution in [1.82, 2.24) is 14.8 Å². The molecule has 2 N–H and O–H groups in total. The first-order valence-electron chi connectivity index (χ1n) is 8.42. The molecule has 7 heteroatoms. The number of halogens is 1. The Bertz CT molecular complexity index is 760. The summed E-state index contributed by atoms with van der Waals surface area (Å²) in [6.07, 6.45) is 0.850. The summed E-state index contributed by atoms with van der Waals surface area (Å²) >= 11 is 6.03. The lowest BCUT2D eigenvalue weighted by atomic mass is 10.1. The van der Waals surface area contributed by atoms with Crippen LogP contribution in [0.25, 0.3) is 10.9 Å². The number of aliphatic hydroxyl groups is 1. The number of benzene rings is 1. The molecule has 1 aliphatic heterocycles. The lowest BCUT2D eigenvalue weighted by molar-refractivity contribution is -0.135. The number of likely N-dealkylation sites (N-methyl/N-ethyl adjacent to an activating group) is 1. The third kappa shape index (κ3) is 4.03. The molecule has 1 fully saturated rings. The minimum absolute atomic E-state index is 0.0815. The van der Waals surface area contributed by atoms with Crippen molar-refractivity contribution < 1.29 is 9.90 Å². The summed E-state index contributed by atoms with van der Waals surface area (Å²) in [5.41, 5.74) is 1.50. The summed E-state index contributed by atoms with van der Waals surface area (Å²) in [6.45, 7) is 4.66. The normalized spacial score (nSPS) is 18.2. The van der Waals surface area contributed by atoms with Gasteiger partial charge in [0.25, 0.3) is 0 Å². The molecule has 1 aromatic heterocycles. The van der Waals surface area contributed by atoms with Crippen LogP contribution in [0.2, 0.25) is 5.02 Å². The fourth-order valence-corrected chi connectivity index (χ4v) is 3.19. The molecule has 0 aliphatic carbocycles. The second-order valence-electron chi connectivity index (χ2n) is 6.51. The van der Waals surface area contributed by atoms with Crippen LogP contribution in [0.1, 0.15) is 6.92 Å². The number of nitrogens with zero attached hydrogens (tertiary/aromatic N) is 3. The number of rotatable bonds is 4. The molecule has 6 nitrogen and oxygen atoms in total. The number of carbonyl (C=O) groups excluding carboxylic acids is 1. The number of amides is 1. The Morgan fingerprint density at radius 1 is 1.28 bits per heavy atom. The number of nitrogens with one attached hydrogen (secondary N) is 1. The third-order valence-electron chi connectivity index (χ3n) is 4.58. The molecule has 0 unspecified atom stereocenters. The maximum atomic E-state index is 12.9. The molecule has 0 spiro atoms. The predicted octanol–water partition coefficient (Wildman–Crippen LogP) is 1.82. The van der Waals surface area contributed by atoms with Gasteiger partial charge in [0.1, 0.15) is 6.04 Å². The first kappa shape index (κ1) is 17.9. The number of aliphatic hydroxyl groups excluding tert-OH is 1. The standard InChI is InChI=1S/C18H23ClN4O2/c1-12(24)17(18(25)23-9-7-22(2)8-10-23)21-15-5-6-20-16-11-13(19)3-4-14(15)16/h3-6,11-12,17,24H,7-10H2,1-2H3,(H,20,21)/t12-,17-/m0/s1. The molecular weight excluding hydrogens is 340 g/mol. The molecule has 25 heavy (non-hydrogen) atoms. The highest BCUT2D eigenvalue weighted by Crippen LogP contribution is 2.25. The van der Waals surface area contributed by atoms with Gasteiger partial charge in [-0.25, -0.2) is 0 Å². The first-order valence-corrected chi connectivity index (χ1v) is 8.79. The highest BCUT2D eigenvalue weighted by Gasteiger charge is 2.30. The molecule has 3 rings (SSSR count). The minimum atomic E-state index is -0.817. The number of hydrogen-bond acceptors (Lipinski definition) is 5. The fourth-order valence-electron chi connectivity index (χ4n) is 3.03. The topological polar surface area (TPSA) is 68.7 Å². The van der Waals surface area contributed by atoms with Crippen LogP contribution in [0.15, 0.2) is 30.5 Å². The van der Waals surface area contributed by atoms with E-state index >= 15 is 0 Å². The molecule has 0 saturated carbocycles. The van der Waals surface area contributed by atoms with E-state index in [2.05, 4.69) is 15.2 Å². The van der Waals surface area contributed by atoms with Gasteiger partial charge >= 0.3 is 0 Å². The molecule has 2 aromatic rings. The average Bonchev–Trinajstić information content (AvgIpc) is 2.59. The monoisotopic (exact) mass is 362 g/mol. The molecule has 2 atom stereocenters. The molecule has 1 amide bonds. The fraction of sp³-hybridized carbons (Fsp3) is 0.444. The van der Waals surface area contributed by atoms with Crippen LogP contribution in [0.5, 0.6) is 0 Å². The van der Waals surface area contributed by atoms with Crippen molar-refractivity contribution in [3.63, 3.8) is 0 Å². The van der Waals surface area contributed by atoms with Crippen LogP contribution in [0.4, 0.5) is 5.69 Å². The van der Waals surface area contributed by atoms with Gasteiger partial charge in [-0.2, -0.15) is 0 Å². The molecule has 2 heterocycles. The van der Waals surface area contributed by atoms with E-state index in [-0.39, 0.29) is 5.91 Å². The second kappa shape index (κ2) is 7.56. The quantitative estimate of drug-likeness (QED) is 0.868. The van der Waals surface area contributed by atoms with Gasteiger partial charge in [0.15, 0.2) is 0 Å². The Balaban J connectivity index is 1.84. The van der Waals surface area contributed by atoms with Crippen LogP contribution in [0.3, 0.4) is 0 Å². The summed E-state index contributed by atoms with van der Waals surface area (Å²) in [5, 5.41) is 14.9. The average molecular weight is 363 g/mol. The van der Waals surface area contributed by atoms with Gasteiger partial charge in [0, 0.05) is 48.5 Å². The van der Waals surface area contributed by atoms with Crippen LogP contribution < -0.4 is 5.32 Å². The van der Waals surface area contributed by atoms with Crippen LogP contribution >= 0.6 is 11.6 Å². The number of piperazine rings is 1. The number of anilines is 1. The van der Waals surface area contributed by atoms with E-state index in [0.717, 1.165) is 29.7 Å². The van der Waals surface area contributed by atoms with Crippen molar-refractivity contribution in [1.29, 1.82) is 0 Å². The lowest BCUT2D eigenvalue weighted by Gasteiger charge is -2.35. The summed E-state index contributed by atoms with van der Waals surface area (Å²) in [6, 6.07) is 6.54. The summed E-state index contributed by atoms with van der Waals surface area (Å²) in [7, 11) is 2.04. The highest BCUT2D eigenvalue weighted by atomic mass is 35.5. The van der Waals surface area contributed by atoms with Crippen molar-refractivity contribution in [2.24, 2.45) is 0 Å². The summed E-state index contributed by atoms with van der Waals surface area (Å²) < 4.78 is 0. The van der Waals surface area contributed by atoms with Gasteiger partial charge in [-0.05, 0) is 38.2 Å². The van der Waals surface area contributed by atoms with E-state index < -0.39 is 12.1 Å². The van der Waals surface area contributed by atoms with Crippen molar-refractivity contribution >= 4 is 34.1 Å². The number of fused-ring (bicyclic) bond motifs is 1. The Labute approximate surface area is 152 Å². The smallest absolute Gasteiger partial charge is 0.247 e. The van der Waals surface area contributed by atoms with Gasteiger partial charge in [0.05, 0.1) is 11.6 Å². The third-order valence-corrected chi connectivity index (χ3v) is 4.81. The van der Waals surface area contributed by atoms with Crippen molar-refractivity contribution in [2.75, 3.05) is 38.5 Å². The minimum Gasteiger partial charge on any atom is -0.391 e. The Morgan fingerprint density at radius 2 is 2.00 bits per heavy atom. The van der Waals surface area contributed by atoms with Crippen LogP contribution in [-0.2, 0) is 4.79 Å². The lowest BCUT2D eigenvalue weighted by Crippen LogP contribution is -2.54. The van der Waals surface area contributed by atoms with E-state index in [1.165, 1.54) is 0 Å². The van der Waals surface area contributed by atoms with Gasteiger partial charge < -0.3 is 20.2 Å². The van der Waals surface area contributed by atoms with Crippen LogP contribution in [0, 0.1) is 0 Å². The number of carbonyl (C=O) groups is 1. The number of hydrogen-bond donors (Lipinski definition) is 2. The predicted molar refractivity (Wildman–Crippen MR) is 99.9 cm³/mol. The molecule has 0 radical (unpaired) electrons. The Kier molecular flexibility index (Phi) is 5.42. The molecule has 134 valence electrons. The maximum Gasteiger partial charge on any atom is 0.247 e. The van der Waals surface area contributed by atoms with Crippen molar-refractivity contribution in [2.45, 2.75) is 19.1 Å². The molecular formula is C18H23ClN4O2. The van der Waals surface area contributed by atoms with E-state index in [1.807, 2.05) is 24.1 Å². The number of aromatic nitrogens is 1. The summed E-state index contributed by atoms with van der Waals surface area (Å²) in [5.74, 6) is -0.0815. The molecule has 1 aromatic carbocycles. The van der Waals surface area contributed by atoms with Gasteiger partial charge in [-0.3, -0.25) is 9.78 Å². The first-order chi connectivity index (χ1) is 12.0. The molecule has 1 aliphatic rings. The SMILES string of the molecule is C[C@H](O)[C@H](Nc1ccnc2cc(Cl)ccc12)C(=O)N1CCN(C)CC1. The van der Waals surface area contributed by atoms with E-state index in [9.17, 15) is 9.90 Å². The molecule has 0 bridgehead atoms. The zero-order chi connectivity index (χ0) is 18.0. The van der Waals surface area contributed by atoms with Crippen molar-refractivity contribution in [3.05, 3.63) is 35.5 Å². The Hall–Kier alpha value is -1.89. The van der Waals surface area contributed by atoms with Crippen LogP contribution in [-0.4, -0.2) is 71.2 Å². The van der Waals surface area contributed by atoms with E-state index in [0.29, 0.717) is 18.1 Å². The molecule has 1 saturated heterocycles. The van der Waals surface area contributed by atoms with Gasteiger partial charge in [0.2, 0.25) is 5.91 Å². The Morgan fingerprint density at radius 3 is 2.68 bits per heavy atom. The highest BCUT2D eigenvalue weighted by molar-refractivity contribution is 6.31. The summed E-state index contributed by atoms with van der Waals surface area (Å²) in [4.78, 5) is 21.2. The zero-order valence-corrected chi connectivity index (χ0v) is 15.2. The second-order valence-corrected chi connectivity index (χ2v) is 6.95. The van der Waals surface area contributed by atoms with Gasteiger partial charge in [-0.1, -0.05) is 11.6 Å². The number of pyridine rings is 1. The van der Waals surface area contributed by atoms with Gasteiger partial charge in [-0.15, -0.1) is 0 Å².